The molecule has 0 aliphatic rings. The quantitative estimate of drug-likeness (QED) is 0.388. The Bertz CT molecular complexity index is 1260. The molecule has 0 saturated carbocycles. The number of carbonyl (C=O) groups is 2. The SMILES string of the molecule is CCNC(=O)C(CC)N(CCc1ccccc1)C(=O)CN(c1ccccc1)S(=O)(=O)c1ccc(C)cc1. The first-order valence-corrected chi connectivity index (χ1v) is 14.0. The summed E-state index contributed by atoms with van der Waals surface area (Å²) in [7, 11) is -4.04. The molecule has 7 nitrogen and oxygen atoms in total. The van der Waals surface area contributed by atoms with Gasteiger partial charge in [-0.05, 0) is 56.5 Å². The average molecular weight is 522 g/mol. The molecule has 3 aromatic rings. The predicted octanol–water partition coefficient (Wildman–Crippen LogP) is 4.18. The summed E-state index contributed by atoms with van der Waals surface area (Å²) in [5.74, 6) is -0.687. The van der Waals surface area contributed by atoms with Gasteiger partial charge in [-0.25, -0.2) is 8.42 Å². The number of hydrogen-bond donors (Lipinski definition) is 1. The van der Waals surface area contributed by atoms with Gasteiger partial charge in [0.1, 0.15) is 12.6 Å². The highest BCUT2D eigenvalue weighted by Crippen LogP contribution is 2.24. The second-order valence-electron chi connectivity index (χ2n) is 8.80. The van der Waals surface area contributed by atoms with Crippen LogP contribution in [0.5, 0.6) is 0 Å². The number of sulfonamides is 1. The number of aryl methyl sites for hydroxylation is 1. The van der Waals surface area contributed by atoms with E-state index in [-0.39, 0.29) is 17.3 Å². The Kier molecular flexibility index (Phi) is 9.85. The molecule has 2 amide bonds. The standard InChI is InChI=1S/C29H35N3O4S/c1-4-27(29(34)30-5-2)31(21-20-24-12-8-6-9-13-24)28(33)22-32(25-14-10-7-11-15-25)37(35,36)26-18-16-23(3)17-19-26/h6-19,27H,4-5,20-22H2,1-3H3,(H,30,34). The van der Waals surface area contributed by atoms with Crippen molar-refractivity contribution in [2.75, 3.05) is 23.9 Å². The van der Waals surface area contributed by atoms with Gasteiger partial charge in [-0.1, -0.05) is 73.2 Å². The molecular weight excluding hydrogens is 486 g/mol. The number of nitrogens with zero attached hydrogens (tertiary/aromatic N) is 2. The first-order valence-electron chi connectivity index (χ1n) is 12.5. The Morgan fingerprint density at radius 1 is 0.865 bits per heavy atom. The molecule has 0 radical (unpaired) electrons. The molecule has 0 spiro atoms. The third-order valence-corrected chi connectivity index (χ3v) is 7.94. The van der Waals surface area contributed by atoms with Crippen LogP contribution in [-0.2, 0) is 26.0 Å². The van der Waals surface area contributed by atoms with Crippen molar-refractivity contribution < 1.29 is 18.0 Å². The van der Waals surface area contributed by atoms with Crippen LogP contribution >= 0.6 is 0 Å². The van der Waals surface area contributed by atoms with E-state index in [4.69, 9.17) is 0 Å². The topological polar surface area (TPSA) is 86.8 Å². The molecule has 196 valence electrons. The molecule has 37 heavy (non-hydrogen) atoms. The molecule has 3 aromatic carbocycles. The molecule has 0 aliphatic heterocycles. The minimum absolute atomic E-state index is 0.0985. The van der Waals surface area contributed by atoms with Gasteiger partial charge in [0.15, 0.2) is 0 Å². The second kappa shape index (κ2) is 13.1. The van der Waals surface area contributed by atoms with Gasteiger partial charge in [0.25, 0.3) is 10.0 Å². The average Bonchev–Trinajstić information content (AvgIpc) is 2.90. The zero-order valence-corrected chi connectivity index (χ0v) is 22.4. The molecule has 0 saturated heterocycles. The van der Waals surface area contributed by atoms with Crippen LogP contribution in [0.25, 0.3) is 0 Å². The van der Waals surface area contributed by atoms with Gasteiger partial charge in [0.2, 0.25) is 11.8 Å². The van der Waals surface area contributed by atoms with Crippen LogP contribution in [0.4, 0.5) is 5.69 Å². The number of anilines is 1. The maximum absolute atomic E-state index is 13.8. The van der Waals surface area contributed by atoms with E-state index in [1.165, 1.54) is 4.90 Å². The van der Waals surface area contributed by atoms with Crippen molar-refractivity contribution in [3.8, 4) is 0 Å². The van der Waals surface area contributed by atoms with Gasteiger partial charge in [-0.2, -0.15) is 0 Å². The number of benzene rings is 3. The molecule has 0 fully saturated rings. The molecule has 0 heterocycles. The van der Waals surface area contributed by atoms with Crippen molar-refractivity contribution in [3.63, 3.8) is 0 Å². The fourth-order valence-corrected chi connectivity index (χ4v) is 5.56. The minimum Gasteiger partial charge on any atom is -0.355 e. The Labute approximate surface area is 220 Å². The number of amides is 2. The lowest BCUT2D eigenvalue weighted by atomic mass is 10.1. The number of para-hydroxylation sites is 1. The Hall–Kier alpha value is -3.65. The van der Waals surface area contributed by atoms with Gasteiger partial charge in [-0.3, -0.25) is 13.9 Å². The zero-order valence-electron chi connectivity index (χ0n) is 21.6. The zero-order chi connectivity index (χ0) is 26.8. The minimum atomic E-state index is -4.04. The van der Waals surface area contributed by atoms with E-state index in [9.17, 15) is 18.0 Å². The summed E-state index contributed by atoms with van der Waals surface area (Å²) in [5, 5.41) is 2.81. The number of carbonyl (C=O) groups excluding carboxylic acids is 2. The van der Waals surface area contributed by atoms with Gasteiger partial charge in [0.05, 0.1) is 10.6 Å². The summed E-state index contributed by atoms with van der Waals surface area (Å²) in [4.78, 5) is 28.3. The summed E-state index contributed by atoms with van der Waals surface area (Å²) >= 11 is 0. The lowest BCUT2D eigenvalue weighted by Gasteiger charge is -2.33. The first-order chi connectivity index (χ1) is 17.8. The van der Waals surface area contributed by atoms with Gasteiger partial charge >= 0.3 is 0 Å². The molecule has 8 heteroatoms. The van der Waals surface area contributed by atoms with Crippen molar-refractivity contribution >= 4 is 27.5 Å². The largest absolute Gasteiger partial charge is 0.355 e. The summed E-state index contributed by atoms with van der Waals surface area (Å²) in [5.41, 5.74) is 2.34. The highest BCUT2D eigenvalue weighted by atomic mass is 32.2. The normalized spacial score (nSPS) is 12.0. The molecule has 1 atom stereocenters. The van der Waals surface area contributed by atoms with Crippen molar-refractivity contribution in [2.24, 2.45) is 0 Å². The number of nitrogens with one attached hydrogen (secondary N) is 1. The van der Waals surface area contributed by atoms with E-state index < -0.39 is 28.5 Å². The number of hydrogen-bond acceptors (Lipinski definition) is 4. The monoisotopic (exact) mass is 521 g/mol. The van der Waals surface area contributed by atoms with Crippen molar-refractivity contribution in [1.82, 2.24) is 10.2 Å². The van der Waals surface area contributed by atoms with Crippen LogP contribution in [0, 0.1) is 6.92 Å². The highest BCUT2D eigenvalue weighted by molar-refractivity contribution is 7.92. The van der Waals surface area contributed by atoms with Crippen LogP contribution in [0.1, 0.15) is 31.4 Å². The van der Waals surface area contributed by atoms with E-state index in [1.54, 1.807) is 54.6 Å². The molecule has 1 unspecified atom stereocenters. The van der Waals surface area contributed by atoms with E-state index in [0.29, 0.717) is 25.1 Å². The molecule has 0 aliphatic carbocycles. The summed E-state index contributed by atoms with van der Waals surface area (Å²) in [6.45, 7) is 5.85. The van der Waals surface area contributed by atoms with Gasteiger partial charge < -0.3 is 10.2 Å². The fourth-order valence-electron chi connectivity index (χ4n) is 4.15. The van der Waals surface area contributed by atoms with Crippen LogP contribution in [-0.4, -0.2) is 50.8 Å². The maximum atomic E-state index is 13.8. The summed E-state index contributed by atoms with van der Waals surface area (Å²) < 4.78 is 28.6. The summed E-state index contributed by atoms with van der Waals surface area (Å²) in [6.07, 6.45) is 0.945. The Balaban J connectivity index is 1.97. The Morgan fingerprint density at radius 3 is 2.03 bits per heavy atom. The Morgan fingerprint density at radius 2 is 1.46 bits per heavy atom. The predicted molar refractivity (Wildman–Crippen MR) is 147 cm³/mol. The van der Waals surface area contributed by atoms with E-state index in [0.717, 1.165) is 15.4 Å². The van der Waals surface area contributed by atoms with Crippen LogP contribution in [0.2, 0.25) is 0 Å². The molecule has 1 N–H and O–H groups in total. The smallest absolute Gasteiger partial charge is 0.264 e. The van der Waals surface area contributed by atoms with Crippen LogP contribution in [0.15, 0.2) is 89.8 Å². The number of likely N-dealkylation sites (N-methyl/N-ethyl adjacent to an activating group) is 1. The van der Waals surface area contributed by atoms with Crippen LogP contribution in [0.3, 0.4) is 0 Å². The maximum Gasteiger partial charge on any atom is 0.264 e. The molecular formula is C29H35N3O4S. The van der Waals surface area contributed by atoms with Crippen LogP contribution < -0.4 is 9.62 Å². The van der Waals surface area contributed by atoms with Crippen molar-refractivity contribution in [3.05, 3.63) is 96.1 Å². The first kappa shape index (κ1) is 27.9. The van der Waals surface area contributed by atoms with Gasteiger partial charge in [0, 0.05) is 13.1 Å². The summed E-state index contributed by atoms with van der Waals surface area (Å²) in [6, 6.07) is 24.1. The molecule has 0 aromatic heterocycles. The number of rotatable bonds is 12. The lowest BCUT2D eigenvalue weighted by molar-refractivity contribution is -0.139. The lowest BCUT2D eigenvalue weighted by Crippen LogP contribution is -2.53. The third-order valence-electron chi connectivity index (χ3n) is 6.15. The van der Waals surface area contributed by atoms with E-state index in [1.807, 2.05) is 51.1 Å². The van der Waals surface area contributed by atoms with Crippen molar-refractivity contribution in [1.29, 1.82) is 0 Å². The highest BCUT2D eigenvalue weighted by Gasteiger charge is 2.33. The van der Waals surface area contributed by atoms with Gasteiger partial charge in [-0.15, -0.1) is 0 Å². The second-order valence-corrected chi connectivity index (χ2v) is 10.7. The van der Waals surface area contributed by atoms with Crippen molar-refractivity contribution in [2.45, 2.75) is 44.6 Å². The third kappa shape index (κ3) is 7.20. The molecule has 3 rings (SSSR count). The van der Waals surface area contributed by atoms with E-state index >= 15 is 0 Å². The fraction of sp³-hybridized carbons (Fsp3) is 0.310. The molecule has 0 bridgehead atoms. The van der Waals surface area contributed by atoms with E-state index in [2.05, 4.69) is 5.32 Å².